The van der Waals surface area contributed by atoms with Crippen LogP contribution in [0.15, 0.2) is 47.4 Å². The Morgan fingerprint density at radius 1 is 1.26 bits per heavy atom. The Labute approximate surface area is 201 Å². The lowest BCUT2D eigenvalue weighted by Crippen LogP contribution is -2.51. The molecule has 3 aliphatic rings. The third-order valence-electron chi connectivity index (χ3n) is 7.01. The highest BCUT2D eigenvalue weighted by molar-refractivity contribution is 7.93. The Morgan fingerprint density at radius 3 is 2.85 bits per heavy atom. The summed E-state index contributed by atoms with van der Waals surface area (Å²) >= 11 is 0.867. The minimum Gasteiger partial charge on any atom is -0.493 e. The molecule has 0 radical (unpaired) electrons. The van der Waals surface area contributed by atoms with Crippen LogP contribution in [0.5, 0.6) is 5.75 Å². The molecule has 7 nitrogen and oxygen atoms in total. The number of allylic oxidation sites excluding steroid dienone is 3. The SMILES string of the molecule is CC1([C@H]2CCCCN2[C@H]2CCOc3cc(S(=O)(=O)Nc4ncns4)c(F)cc32)C=CC(F)=CC1. The number of aromatic nitrogens is 2. The van der Waals surface area contributed by atoms with Gasteiger partial charge in [-0.15, -0.1) is 0 Å². The summed E-state index contributed by atoms with van der Waals surface area (Å²) in [7, 11) is -4.19. The molecule has 0 amide bonds. The summed E-state index contributed by atoms with van der Waals surface area (Å²) in [6.07, 6.45) is 10.7. The number of anilines is 1. The standard InChI is InChI=1S/C23H26F2N4O3S2/c1-23(8-5-15(24)6-9-23)21-4-2-3-10-29(21)18-7-11-32-19-13-20(17(25)12-16(18)19)34(30,31)28-22-26-14-27-33-22/h5-6,8,12-14,18,21H,2-4,7,9-11H2,1H3,(H,26,27,28)/t18-,21+,23?/m0/s1. The van der Waals surface area contributed by atoms with E-state index in [4.69, 9.17) is 4.74 Å². The van der Waals surface area contributed by atoms with E-state index in [9.17, 15) is 12.8 Å². The van der Waals surface area contributed by atoms with E-state index >= 15 is 4.39 Å². The van der Waals surface area contributed by atoms with Crippen molar-refractivity contribution in [3.05, 3.63) is 53.9 Å². The van der Waals surface area contributed by atoms with Crippen molar-refractivity contribution >= 4 is 26.7 Å². The molecule has 11 heteroatoms. The van der Waals surface area contributed by atoms with Crippen molar-refractivity contribution < 1.29 is 21.9 Å². The minimum atomic E-state index is -4.19. The highest BCUT2D eigenvalue weighted by Gasteiger charge is 2.42. The first-order valence-corrected chi connectivity index (χ1v) is 13.6. The molecule has 1 aromatic heterocycles. The Kier molecular flexibility index (Phi) is 6.19. The van der Waals surface area contributed by atoms with Crippen LogP contribution >= 0.6 is 11.5 Å². The molecule has 1 N–H and O–H groups in total. The Balaban J connectivity index is 1.47. The number of hydrogen-bond donors (Lipinski definition) is 1. The molecule has 0 bridgehead atoms. The largest absolute Gasteiger partial charge is 0.493 e. The van der Waals surface area contributed by atoms with Crippen molar-refractivity contribution in [2.45, 2.75) is 56.0 Å². The van der Waals surface area contributed by atoms with Gasteiger partial charge in [-0.05, 0) is 44.0 Å². The number of ether oxygens (including phenoxy) is 1. The van der Waals surface area contributed by atoms with Crippen LogP contribution in [0.2, 0.25) is 0 Å². The van der Waals surface area contributed by atoms with E-state index in [2.05, 4.69) is 25.9 Å². The van der Waals surface area contributed by atoms with Gasteiger partial charge < -0.3 is 4.74 Å². The molecule has 0 spiro atoms. The van der Waals surface area contributed by atoms with E-state index in [1.807, 2.05) is 6.08 Å². The van der Waals surface area contributed by atoms with Crippen LogP contribution in [0.4, 0.5) is 13.9 Å². The number of sulfonamides is 1. The molecule has 0 saturated carbocycles. The summed E-state index contributed by atoms with van der Waals surface area (Å²) in [6.45, 7) is 3.38. The number of hydrogen-bond acceptors (Lipinski definition) is 7. The van der Waals surface area contributed by atoms with E-state index < -0.39 is 20.7 Å². The molecule has 1 saturated heterocycles. The van der Waals surface area contributed by atoms with E-state index in [1.54, 1.807) is 6.08 Å². The Bertz CT molecular complexity index is 1230. The van der Waals surface area contributed by atoms with Crippen molar-refractivity contribution in [2.24, 2.45) is 5.41 Å². The van der Waals surface area contributed by atoms with Crippen molar-refractivity contribution in [1.29, 1.82) is 0 Å². The van der Waals surface area contributed by atoms with Gasteiger partial charge in [0.1, 0.15) is 28.6 Å². The number of piperidine rings is 1. The second-order valence-corrected chi connectivity index (χ2v) is 11.6. The number of likely N-dealkylation sites (tertiary alicyclic amines) is 1. The van der Waals surface area contributed by atoms with Crippen LogP contribution in [-0.2, 0) is 10.0 Å². The minimum absolute atomic E-state index is 0.0614. The molecule has 1 aromatic carbocycles. The maximum Gasteiger partial charge on any atom is 0.266 e. The molecule has 34 heavy (non-hydrogen) atoms. The lowest BCUT2D eigenvalue weighted by molar-refractivity contribution is 0.0159. The van der Waals surface area contributed by atoms with Crippen LogP contribution in [0.1, 0.15) is 50.6 Å². The summed E-state index contributed by atoms with van der Waals surface area (Å²) in [5.41, 5.74) is 0.415. The molecule has 1 fully saturated rings. The summed E-state index contributed by atoms with van der Waals surface area (Å²) < 4.78 is 66.3. The molecule has 2 aliphatic heterocycles. The van der Waals surface area contributed by atoms with Crippen molar-refractivity contribution in [1.82, 2.24) is 14.3 Å². The quantitative estimate of drug-likeness (QED) is 0.614. The number of halogens is 2. The molecule has 3 heterocycles. The first-order valence-electron chi connectivity index (χ1n) is 11.3. The van der Waals surface area contributed by atoms with Gasteiger partial charge in [-0.25, -0.2) is 22.2 Å². The molecule has 5 rings (SSSR count). The zero-order valence-corrected chi connectivity index (χ0v) is 20.3. The van der Waals surface area contributed by atoms with Crippen molar-refractivity contribution in [3.63, 3.8) is 0 Å². The highest BCUT2D eigenvalue weighted by Crippen LogP contribution is 2.47. The van der Waals surface area contributed by atoms with Crippen LogP contribution < -0.4 is 9.46 Å². The zero-order chi connectivity index (χ0) is 23.9. The van der Waals surface area contributed by atoms with Gasteiger partial charge in [-0.1, -0.05) is 19.4 Å². The van der Waals surface area contributed by atoms with Crippen LogP contribution in [0.3, 0.4) is 0 Å². The molecule has 3 atom stereocenters. The normalized spacial score (nSPS) is 27.6. The van der Waals surface area contributed by atoms with Gasteiger partial charge in [0.05, 0.1) is 6.61 Å². The Hall–Kier alpha value is -2.37. The van der Waals surface area contributed by atoms with Crippen LogP contribution in [-0.4, -0.2) is 41.9 Å². The third kappa shape index (κ3) is 4.36. The van der Waals surface area contributed by atoms with Gasteiger partial charge in [-0.2, -0.15) is 4.37 Å². The van der Waals surface area contributed by atoms with Gasteiger partial charge >= 0.3 is 0 Å². The third-order valence-corrected chi connectivity index (χ3v) is 9.07. The van der Waals surface area contributed by atoms with E-state index in [0.29, 0.717) is 30.8 Å². The van der Waals surface area contributed by atoms with Gasteiger partial charge in [0.25, 0.3) is 10.0 Å². The molecular formula is C23H26F2N4O3S2. The fraction of sp³-hybridized carbons (Fsp3) is 0.478. The number of benzene rings is 1. The Morgan fingerprint density at radius 2 is 2.12 bits per heavy atom. The second kappa shape index (κ2) is 9.01. The molecule has 2 aromatic rings. The van der Waals surface area contributed by atoms with E-state index in [-0.39, 0.29) is 28.5 Å². The lowest BCUT2D eigenvalue weighted by Gasteiger charge is -2.50. The first kappa shape index (κ1) is 23.4. The highest BCUT2D eigenvalue weighted by atomic mass is 32.2. The van der Waals surface area contributed by atoms with Crippen molar-refractivity contribution in [2.75, 3.05) is 17.9 Å². The number of fused-ring (bicyclic) bond motifs is 1. The molecule has 1 aliphatic carbocycles. The number of rotatable bonds is 5. The fourth-order valence-electron chi connectivity index (χ4n) is 5.32. The first-order chi connectivity index (χ1) is 16.3. The fourth-order valence-corrected chi connectivity index (χ4v) is 7.05. The summed E-state index contributed by atoms with van der Waals surface area (Å²) in [4.78, 5) is 5.71. The summed E-state index contributed by atoms with van der Waals surface area (Å²) in [6, 6.07) is 2.60. The maximum atomic E-state index is 15.2. The average molecular weight is 509 g/mol. The monoisotopic (exact) mass is 508 g/mol. The van der Waals surface area contributed by atoms with Gasteiger partial charge in [0.2, 0.25) is 5.13 Å². The van der Waals surface area contributed by atoms with E-state index in [1.165, 1.54) is 24.5 Å². The van der Waals surface area contributed by atoms with Gasteiger partial charge in [0, 0.05) is 47.1 Å². The van der Waals surface area contributed by atoms with Crippen LogP contribution in [0, 0.1) is 11.2 Å². The molecule has 182 valence electrons. The smallest absolute Gasteiger partial charge is 0.266 e. The topological polar surface area (TPSA) is 84.4 Å². The number of nitrogens with one attached hydrogen (secondary N) is 1. The lowest BCUT2D eigenvalue weighted by atomic mass is 9.72. The van der Waals surface area contributed by atoms with Gasteiger partial charge in [-0.3, -0.25) is 9.62 Å². The second-order valence-electron chi connectivity index (χ2n) is 9.21. The summed E-state index contributed by atoms with van der Waals surface area (Å²) in [5, 5.41) is 0.0614. The van der Waals surface area contributed by atoms with Crippen molar-refractivity contribution in [3.8, 4) is 5.75 Å². The van der Waals surface area contributed by atoms with Gasteiger partial charge in [0.15, 0.2) is 0 Å². The summed E-state index contributed by atoms with van der Waals surface area (Å²) in [5.74, 6) is -0.683. The molecule has 1 unspecified atom stereocenters. The molecular weight excluding hydrogens is 482 g/mol. The van der Waals surface area contributed by atoms with Crippen LogP contribution in [0.25, 0.3) is 0 Å². The van der Waals surface area contributed by atoms with E-state index in [0.717, 1.165) is 37.3 Å². The number of nitrogens with zero attached hydrogens (tertiary/aromatic N) is 3. The average Bonchev–Trinajstić information content (AvgIpc) is 3.32. The maximum absolute atomic E-state index is 15.2. The predicted molar refractivity (Wildman–Crippen MR) is 125 cm³/mol. The zero-order valence-electron chi connectivity index (χ0n) is 18.7. The predicted octanol–water partition coefficient (Wildman–Crippen LogP) is 4.98.